The minimum absolute atomic E-state index is 0.109. The van der Waals surface area contributed by atoms with Gasteiger partial charge in [-0.2, -0.15) is 0 Å². The van der Waals surface area contributed by atoms with Gasteiger partial charge in [-0.25, -0.2) is 4.31 Å². The molecule has 132 valence electrons. The van der Waals surface area contributed by atoms with Gasteiger partial charge < -0.3 is 14.7 Å². The van der Waals surface area contributed by atoms with Crippen LogP contribution in [0.25, 0.3) is 0 Å². The van der Waals surface area contributed by atoms with Gasteiger partial charge in [0.15, 0.2) is 5.69 Å². The second-order valence-corrected chi connectivity index (χ2v) is 7.80. The Morgan fingerprint density at radius 1 is 1.42 bits per heavy atom. The predicted octanol–water partition coefficient (Wildman–Crippen LogP) is 2.47. The van der Waals surface area contributed by atoms with Gasteiger partial charge in [0.25, 0.3) is 5.91 Å². The van der Waals surface area contributed by atoms with Crippen molar-refractivity contribution in [3.63, 3.8) is 0 Å². The summed E-state index contributed by atoms with van der Waals surface area (Å²) in [6.07, 6.45) is 6.40. The lowest BCUT2D eigenvalue weighted by atomic mass is 10.1. The molecule has 1 saturated heterocycles. The third-order valence-corrected chi connectivity index (χ3v) is 5.28. The van der Waals surface area contributed by atoms with Crippen LogP contribution in [0.2, 0.25) is 0 Å². The zero-order valence-corrected chi connectivity index (χ0v) is 15.2. The molecule has 0 aromatic carbocycles. The fraction of sp³-hybridized carbons (Fsp3) is 0.647. The summed E-state index contributed by atoms with van der Waals surface area (Å²) in [5.74, 6) is 1.23. The number of carbonyl (C=O) groups excluding carboxylic acids is 1. The quantitative estimate of drug-likeness (QED) is 0.762. The van der Waals surface area contributed by atoms with Crippen molar-refractivity contribution in [1.29, 1.82) is 0 Å². The Morgan fingerprint density at radius 3 is 2.83 bits per heavy atom. The van der Waals surface area contributed by atoms with Gasteiger partial charge in [0, 0.05) is 37.7 Å². The average molecular weight is 350 g/mol. The van der Waals surface area contributed by atoms with E-state index in [4.69, 9.17) is 4.52 Å². The largest absolute Gasteiger partial charge is 0.360 e. The molecule has 1 aliphatic heterocycles. The van der Waals surface area contributed by atoms with Gasteiger partial charge in [-0.15, -0.1) is 0 Å². The molecule has 1 aromatic heterocycles. The summed E-state index contributed by atoms with van der Waals surface area (Å²) >= 11 is 1.76. The van der Waals surface area contributed by atoms with Gasteiger partial charge in [0.05, 0.1) is 0 Å². The van der Waals surface area contributed by atoms with Crippen molar-refractivity contribution in [2.45, 2.75) is 37.6 Å². The van der Waals surface area contributed by atoms with Crippen LogP contribution in [0.3, 0.4) is 0 Å². The number of carbonyl (C=O) groups is 1. The van der Waals surface area contributed by atoms with E-state index in [0.29, 0.717) is 11.6 Å². The summed E-state index contributed by atoms with van der Waals surface area (Å²) in [6, 6.07) is 2.02. The molecule has 0 radical (unpaired) electrons. The molecule has 6 nitrogen and oxygen atoms in total. The maximum Gasteiger partial charge on any atom is 0.273 e. The van der Waals surface area contributed by atoms with E-state index in [2.05, 4.69) is 45.3 Å². The van der Waals surface area contributed by atoms with Gasteiger partial charge in [-0.05, 0) is 45.2 Å². The van der Waals surface area contributed by atoms with Crippen LogP contribution in [0.5, 0.6) is 0 Å². The van der Waals surface area contributed by atoms with Crippen molar-refractivity contribution in [2.24, 2.45) is 0 Å². The van der Waals surface area contributed by atoms with Crippen molar-refractivity contribution in [3.8, 4) is 0 Å². The number of rotatable bonds is 7. The Kier molecular flexibility index (Phi) is 5.97. The Bertz CT molecular complexity index is 575. The maximum absolute atomic E-state index is 12.3. The molecule has 2 heterocycles. The van der Waals surface area contributed by atoms with Crippen LogP contribution in [-0.2, 0) is 0 Å². The van der Waals surface area contributed by atoms with Crippen molar-refractivity contribution in [1.82, 2.24) is 19.7 Å². The number of piperidine rings is 1. The highest BCUT2D eigenvalue weighted by Crippen LogP contribution is 2.40. The first-order valence-electron chi connectivity index (χ1n) is 8.61. The Hall–Kier alpha value is -1.31. The minimum Gasteiger partial charge on any atom is -0.360 e. The van der Waals surface area contributed by atoms with Crippen molar-refractivity contribution >= 4 is 17.9 Å². The van der Waals surface area contributed by atoms with E-state index in [1.54, 1.807) is 18.0 Å². The van der Waals surface area contributed by atoms with Crippen molar-refractivity contribution in [2.75, 3.05) is 33.7 Å². The zero-order chi connectivity index (χ0) is 16.9. The highest BCUT2D eigenvalue weighted by Gasteiger charge is 2.29. The molecule has 1 amide bonds. The van der Waals surface area contributed by atoms with E-state index in [1.807, 2.05) is 0 Å². The first kappa shape index (κ1) is 17.5. The summed E-state index contributed by atoms with van der Waals surface area (Å²) in [7, 11) is 4.12. The second kappa shape index (κ2) is 8.18. The molecule has 2 aliphatic rings. The smallest absolute Gasteiger partial charge is 0.273 e. The van der Waals surface area contributed by atoms with Crippen LogP contribution in [0.15, 0.2) is 22.1 Å². The number of nitrogens with one attached hydrogen (secondary N) is 1. The summed E-state index contributed by atoms with van der Waals surface area (Å²) in [5, 5.41) is 9.14. The normalized spacial score (nSPS) is 20.1. The molecule has 0 spiro atoms. The molecule has 7 heteroatoms. The zero-order valence-electron chi connectivity index (χ0n) is 14.4. The molecule has 1 aliphatic carbocycles. The second-order valence-electron chi connectivity index (χ2n) is 6.80. The number of aromatic nitrogens is 1. The number of hydrogen-bond acceptors (Lipinski definition) is 6. The standard InChI is InChI=1S/C17H26N4O2S/c1-20(2)8-3-11-24-21-9-6-14(7-10-21)18-17(22)15-12-16(23-19-15)13-4-5-13/h3,11-14H,4-10H2,1-2H3,(H,18,22)/b11-3+. The highest BCUT2D eigenvalue weighted by atomic mass is 32.2. The van der Waals surface area contributed by atoms with Crippen LogP contribution < -0.4 is 5.32 Å². The van der Waals surface area contributed by atoms with Gasteiger partial charge in [0.2, 0.25) is 0 Å². The molecule has 1 saturated carbocycles. The summed E-state index contributed by atoms with van der Waals surface area (Å²) in [5.41, 5.74) is 0.417. The number of likely N-dealkylation sites (N-methyl/N-ethyl adjacent to an activating group) is 1. The van der Waals surface area contributed by atoms with Crippen molar-refractivity contribution in [3.05, 3.63) is 29.0 Å². The van der Waals surface area contributed by atoms with Gasteiger partial charge in [-0.3, -0.25) is 4.79 Å². The minimum atomic E-state index is -0.109. The lowest BCUT2D eigenvalue weighted by Gasteiger charge is -2.30. The van der Waals surface area contributed by atoms with Gasteiger partial charge in [-0.1, -0.05) is 23.2 Å². The van der Waals surface area contributed by atoms with Crippen LogP contribution in [0.1, 0.15) is 47.8 Å². The highest BCUT2D eigenvalue weighted by molar-refractivity contribution is 7.99. The SMILES string of the molecule is CN(C)C/C=C/SN1CCC(NC(=O)c2cc(C3CC3)on2)CC1. The van der Waals surface area contributed by atoms with Crippen LogP contribution >= 0.6 is 11.9 Å². The van der Waals surface area contributed by atoms with Gasteiger partial charge >= 0.3 is 0 Å². The van der Waals surface area contributed by atoms with E-state index in [-0.39, 0.29) is 11.9 Å². The van der Waals surface area contributed by atoms with E-state index in [0.717, 1.165) is 51.1 Å². The molecule has 24 heavy (non-hydrogen) atoms. The van der Waals surface area contributed by atoms with Crippen LogP contribution in [0, 0.1) is 0 Å². The van der Waals surface area contributed by atoms with E-state index in [1.165, 1.54) is 0 Å². The molecule has 0 bridgehead atoms. The molecule has 0 atom stereocenters. The van der Waals surface area contributed by atoms with Crippen LogP contribution in [0.4, 0.5) is 0 Å². The third-order valence-electron chi connectivity index (χ3n) is 4.31. The van der Waals surface area contributed by atoms with E-state index >= 15 is 0 Å². The average Bonchev–Trinajstić information content (AvgIpc) is 3.30. The molecule has 2 fully saturated rings. The lowest BCUT2D eigenvalue weighted by molar-refractivity contribution is 0.0915. The maximum atomic E-state index is 12.3. The first-order chi connectivity index (χ1) is 11.6. The fourth-order valence-electron chi connectivity index (χ4n) is 2.70. The first-order valence-corrected chi connectivity index (χ1v) is 9.44. The molecule has 0 unspecified atom stereocenters. The van der Waals surface area contributed by atoms with Gasteiger partial charge in [0.1, 0.15) is 5.76 Å². The molecular weight excluding hydrogens is 324 g/mol. The van der Waals surface area contributed by atoms with Crippen LogP contribution in [-0.4, -0.2) is 60.0 Å². The fourth-order valence-corrected chi connectivity index (χ4v) is 3.47. The molecule has 1 N–H and O–H groups in total. The number of hydrogen-bond donors (Lipinski definition) is 1. The molecular formula is C17H26N4O2S. The monoisotopic (exact) mass is 350 g/mol. The Morgan fingerprint density at radius 2 is 2.17 bits per heavy atom. The Labute approximate surface area is 147 Å². The lowest BCUT2D eigenvalue weighted by Crippen LogP contribution is -2.42. The predicted molar refractivity (Wildman–Crippen MR) is 95.8 cm³/mol. The number of nitrogens with zero attached hydrogens (tertiary/aromatic N) is 3. The molecule has 1 aromatic rings. The van der Waals surface area contributed by atoms with E-state index in [9.17, 15) is 4.79 Å². The summed E-state index contributed by atoms with van der Waals surface area (Å²) < 4.78 is 7.60. The van der Waals surface area contributed by atoms with Crippen molar-refractivity contribution < 1.29 is 9.32 Å². The third kappa shape index (κ3) is 5.09. The Balaban J connectivity index is 1.38. The van der Waals surface area contributed by atoms with E-state index < -0.39 is 0 Å². The topological polar surface area (TPSA) is 61.6 Å². The summed E-state index contributed by atoms with van der Waals surface area (Å²) in [4.78, 5) is 14.4. The molecule has 3 rings (SSSR count). The summed E-state index contributed by atoms with van der Waals surface area (Å²) in [6.45, 7) is 2.92. The number of amides is 1.